The molecule has 0 aliphatic heterocycles. The Kier molecular flexibility index (Phi) is 2.87. The van der Waals surface area contributed by atoms with E-state index in [1.165, 1.54) is 0 Å². The Balaban J connectivity index is 1.96. The van der Waals surface area contributed by atoms with Crippen LogP contribution in [0.2, 0.25) is 0 Å². The molecule has 2 aromatic heterocycles. The first-order valence-corrected chi connectivity index (χ1v) is 5.72. The van der Waals surface area contributed by atoms with Gasteiger partial charge >= 0.3 is 0 Å². The van der Waals surface area contributed by atoms with Crippen LogP contribution in [0.1, 0.15) is 11.5 Å². The molecule has 0 fully saturated rings. The number of hydrogen-bond acceptors (Lipinski definition) is 4. The van der Waals surface area contributed by atoms with Gasteiger partial charge in [-0.3, -0.25) is 4.98 Å². The summed E-state index contributed by atoms with van der Waals surface area (Å²) in [6.07, 6.45) is 3.40. The molecule has 0 saturated carbocycles. The van der Waals surface area contributed by atoms with E-state index < -0.39 is 0 Å². The molecule has 0 bridgehead atoms. The molecule has 3 aromatic rings. The lowest BCUT2D eigenvalue weighted by atomic mass is 10.3. The van der Waals surface area contributed by atoms with Crippen LogP contribution in [0.5, 0.6) is 5.75 Å². The fourth-order valence-corrected chi connectivity index (χ4v) is 1.65. The van der Waals surface area contributed by atoms with E-state index in [1.54, 1.807) is 19.5 Å². The molecule has 0 aliphatic carbocycles. The summed E-state index contributed by atoms with van der Waals surface area (Å²) in [5, 5.41) is 0. The highest BCUT2D eigenvalue weighted by molar-refractivity contribution is 5.75. The summed E-state index contributed by atoms with van der Waals surface area (Å²) >= 11 is 0. The van der Waals surface area contributed by atoms with Gasteiger partial charge in [0.1, 0.15) is 11.3 Å². The summed E-state index contributed by atoms with van der Waals surface area (Å²) in [7, 11) is 1.62. The highest BCUT2D eigenvalue weighted by Gasteiger charge is 2.04. The van der Waals surface area contributed by atoms with Crippen LogP contribution in [0.25, 0.3) is 11.1 Å². The molecule has 1 aromatic carbocycles. The van der Waals surface area contributed by atoms with Crippen LogP contribution >= 0.6 is 0 Å². The predicted molar refractivity (Wildman–Crippen MR) is 70.8 cm³/mol. The Morgan fingerprint density at radius 2 is 2.16 bits per heavy atom. The minimum atomic E-state index is 0.382. The van der Waals surface area contributed by atoms with Crippen molar-refractivity contribution in [3.63, 3.8) is 0 Å². The van der Waals surface area contributed by atoms with E-state index in [9.17, 15) is 0 Å². The fourth-order valence-electron chi connectivity index (χ4n) is 1.65. The van der Waals surface area contributed by atoms with Gasteiger partial charge in [-0.2, -0.15) is 0 Å². The quantitative estimate of drug-likeness (QED) is 0.623. The number of ether oxygens (including phenoxy) is 1. The van der Waals surface area contributed by atoms with Crippen LogP contribution in [0.3, 0.4) is 0 Å². The Bertz CT molecular complexity index is 767. The van der Waals surface area contributed by atoms with Crippen LogP contribution < -0.4 is 4.74 Å². The molecule has 4 heteroatoms. The molecule has 92 valence electrons. The summed E-state index contributed by atoms with van der Waals surface area (Å²) in [5.74, 6) is 6.95. The third-order valence-electron chi connectivity index (χ3n) is 2.57. The first-order chi connectivity index (χ1) is 9.35. The molecule has 0 spiro atoms. The summed E-state index contributed by atoms with van der Waals surface area (Å²) in [6.45, 7) is 0. The molecule has 0 amide bonds. The first-order valence-electron chi connectivity index (χ1n) is 5.72. The largest absolute Gasteiger partial charge is 0.497 e. The number of benzene rings is 1. The van der Waals surface area contributed by atoms with Gasteiger partial charge in [0, 0.05) is 24.0 Å². The fraction of sp³-hybridized carbons (Fsp3) is 0.0667. The summed E-state index contributed by atoms with van der Waals surface area (Å²) in [6, 6.07) is 9.17. The zero-order valence-electron chi connectivity index (χ0n) is 10.3. The molecule has 0 radical (unpaired) electrons. The average molecular weight is 250 g/mol. The molecular formula is C15H10N2O2. The van der Waals surface area contributed by atoms with E-state index in [-0.39, 0.29) is 0 Å². The third-order valence-corrected chi connectivity index (χ3v) is 2.57. The van der Waals surface area contributed by atoms with E-state index in [0.29, 0.717) is 11.5 Å². The van der Waals surface area contributed by atoms with Gasteiger partial charge in [0.05, 0.1) is 7.11 Å². The summed E-state index contributed by atoms with van der Waals surface area (Å²) in [4.78, 5) is 8.29. The van der Waals surface area contributed by atoms with Crippen molar-refractivity contribution < 1.29 is 9.15 Å². The second-order valence-electron chi connectivity index (χ2n) is 3.84. The van der Waals surface area contributed by atoms with Crippen LogP contribution in [-0.2, 0) is 0 Å². The maximum absolute atomic E-state index is 5.53. The Morgan fingerprint density at radius 1 is 1.21 bits per heavy atom. The number of hydrogen-bond donors (Lipinski definition) is 0. The third kappa shape index (κ3) is 2.40. The minimum Gasteiger partial charge on any atom is -0.497 e. The second-order valence-corrected chi connectivity index (χ2v) is 3.84. The van der Waals surface area contributed by atoms with Crippen LogP contribution in [0.15, 0.2) is 47.1 Å². The van der Waals surface area contributed by atoms with Gasteiger partial charge in [-0.05, 0) is 30.2 Å². The lowest BCUT2D eigenvalue weighted by Crippen LogP contribution is -1.81. The first kappa shape index (κ1) is 11.3. The molecule has 3 rings (SSSR count). The van der Waals surface area contributed by atoms with Gasteiger partial charge in [0.25, 0.3) is 5.89 Å². The highest BCUT2D eigenvalue weighted by atomic mass is 16.5. The monoisotopic (exact) mass is 250 g/mol. The van der Waals surface area contributed by atoms with E-state index in [4.69, 9.17) is 9.15 Å². The minimum absolute atomic E-state index is 0.382. The molecule has 0 N–H and O–H groups in total. The Hall–Kier alpha value is -2.80. The molecule has 4 nitrogen and oxygen atoms in total. The summed E-state index contributed by atoms with van der Waals surface area (Å²) in [5.41, 5.74) is 2.24. The van der Waals surface area contributed by atoms with Crippen molar-refractivity contribution in [2.24, 2.45) is 0 Å². The maximum Gasteiger partial charge on any atom is 0.274 e. The van der Waals surface area contributed by atoms with Crippen LogP contribution in [0, 0.1) is 11.8 Å². The molecule has 0 atom stereocenters. The van der Waals surface area contributed by atoms with Crippen molar-refractivity contribution in [1.82, 2.24) is 9.97 Å². The zero-order valence-corrected chi connectivity index (χ0v) is 10.3. The van der Waals surface area contributed by atoms with E-state index in [0.717, 1.165) is 16.8 Å². The number of aromatic nitrogens is 2. The Labute approximate surface area is 110 Å². The number of methoxy groups -OCH3 is 1. The van der Waals surface area contributed by atoms with Gasteiger partial charge in [-0.25, -0.2) is 4.98 Å². The van der Waals surface area contributed by atoms with E-state index in [2.05, 4.69) is 21.8 Å². The smallest absolute Gasteiger partial charge is 0.274 e. The predicted octanol–water partition coefficient (Wildman–Crippen LogP) is 2.63. The molecule has 0 aliphatic rings. The van der Waals surface area contributed by atoms with Crippen molar-refractivity contribution in [2.75, 3.05) is 7.11 Å². The molecule has 0 unspecified atom stereocenters. The Morgan fingerprint density at radius 3 is 2.95 bits per heavy atom. The maximum atomic E-state index is 5.53. The van der Waals surface area contributed by atoms with Crippen molar-refractivity contribution >= 4 is 11.1 Å². The number of rotatable bonds is 1. The number of pyridine rings is 1. The van der Waals surface area contributed by atoms with Gasteiger partial charge in [0.15, 0.2) is 5.58 Å². The average Bonchev–Trinajstić information content (AvgIpc) is 2.88. The van der Waals surface area contributed by atoms with E-state index in [1.807, 2.05) is 30.3 Å². The lowest BCUT2D eigenvalue weighted by Gasteiger charge is -1.95. The number of fused-ring (bicyclic) bond motifs is 1. The van der Waals surface area contributed by atoms with Gasteiger partial charge in [0.2, 0.25) is 0 Å². The molecule has 2 heterocycles. The lowest BCUT2D eigenvalue weighted by molar-refractivity contribution is 0.415. The molecule has 0 saturated heterocycles. The van der Waals surface area contributed by atoms with Gasteiger partial charge in [-0.15, -0.1) is 0 Å². The molecule has 19 heavy (non-hydrogen) atoms. The normalized spacial score (nSPS) is 9.95. The van der Waals surface area contributed by atoms with Crippen molar-refractivity contribution in [3.05, 3.63) is 54.2 Å². The van der Waals surface area contributed by atoms with Crippen LogP contribution in [0.4, 0.5) is 0 Å². The second kappa shape index (κ2) is 4.83. The van der Waals surface area contributed by atoms with Crippen LogP contribution in [-0.4, -0.2) is 17.1 Å². The van der Waals surface area contributed by atoms with Crippen molar-refractivity contribution in [1.29, 1.82) is 0 Å². The van der Waals surface area contributed by atoms with Crippen molar-refractivity contribution in [3.8, 4) is 17.6 Å². The number of nitrogens with zero attached hydrogens (tertiary/aromatic N) is 2. The van der Waals surface area contributed by atoms with Crippen molar-refractivity contribution in [2.45, 2.75) is 0 Å². The standard InChI is InChI=1S/C15H10N2O2/c1-18-12-5-6-14-13(9-12)17-15(19-14)7-4-11-3-2-8-16-10-11/h2-3,5-6,8-10H,1H3. The SMILES string of the molecule is COc1ccc2oc(C#Cc3cccnc3)nc2c1. The van der Waals surface area contributed by atoms with Gasteiger partial charge < -0.3 is 9.15 Å². The highest BCUT2D eigenvalue weighted by Crippen LogP contribution is 2.20. The topological polar surface area (TPSA) is 48.2 Å². The van der Waals surface area contributed by atoms with Gasteiger partial charge in [-0.1, -0.05) is 5.92 Å². The molecular weight excluding hydrogens is 240 g/mol. The number of oxazole rings is 1. The summed E-state index contributed by atoms with van der Waals surface area (Å²) < 4.78 is 10.7. The zero-order chi connectivity index (χ0) is 13.1. The van der Waals surface area contributed by atoms with E-state index >= 15 is 0 Å².